The zero-order chi connectivity index (χ0) is 15.5. The Balaban J connectivity index is 1.88. The maximum absolute atomic E-state index is 10.7. The van der Waals surface area contributed by atoms with Gasteiger partial charge in [0.15, 0.2) is 0 Å². The summed E-state index contributed by atoms with van der Waals surface area (Å²) in [4.78, 5) is 15.2. The Morgan fingerprint density at radius 3 is 2.77 bits per heavy atom. The van der Waals surface area contributed by atoms with E-state index in [0.717, 1.165) is 17.9 Å². The van der Waals surface area contributed by atoms with Gasteiger partial charge in [-0.15, -0.1) is 0 Å². The van der Waals surface area contributed by atoms with E-state index in [0.29, 0.717) is 6.42 Å². The molecule has 0 amide bonds. The number of aryl methyl sites for hydroxylation is 1. The summed E-state index contributed by atoms with van der Waals surface area (Å²) in [6.07, 6.45) is 3.16. The third-order valence-electron chi connectivity index (χ3n) is 4.00. The predicted molar refractivity (Wildman–Crippen MR) is 85.9 cm³/mol. The minimum Gasteiger partial charge on any atom is -0.481 e. The highest BCUT2D eigenvalue weighted by Crippen LogP contribution is 2.21. The van der Waals surface area contributed by atoms with Gasteiger partial charge in [0.25, 0.3) is 0 Å². The number of aromatic nitrogens is 2. The zero-order valence-electron chi connectivity index (χ0n) is 12.5. The summed E-state index contributed by atoms with van der Waals surface area (Å²) in [6.45, 7) is 0. The van der Waals surface area contributed by atoms with Crippen LogP contribution in [0.5, 0.6) is 0 Å². The Labute approximate surface area is 129 Å². The topological polar surface area (TPSA) is 55.1 Å². The fourth-order valence-corrected chi connectivity index (χ4v) is 2.74. The molecular formula is C18H18N2O2. The SMILES string of the molecule is Cn1c(CCC(=O)O)cnc1Cc1cccc2ccccc12. The van der Waals surface area contributed by atoms with Crippen LogP contribution < -0.4 is 0 Å². The number of hydrogen-bond donors (Lipinski definition) is 1. The molecule has 0 saturated carbocycles. The van der Waals surface area contributed by atoms with Gasteiger partial charge in [0, 0.05) is 25.4 Å². The Kier molecular flexibility index (Phi) is 3.92. The van der Waals surface area contributed by atoms with E-state index in [1.165, 1.54) is 16.3 Å². The van der Waals surface area contributed by atoms with Crippen LogP contribution in [0.15, 0.2) is 48.7 Å². The Hall–Kier alpha value is -2.62. The Bertz CT molecular complexity index is 816. The second kappa shape index (κ2) is 6.02. The van der Waals surface area contributed by atoms with E-state index in [4.69, 9.17) is 5.11 Å². The number of carbonyl (C=O) groups is 1. The van der Waals surface area contributed by atoms with Gasteiger partial charge >= 0.3 is 5.97 Å². The number of carboxylic acid groups (broad SMARTS) is 1. The van der Waals surface area contributed by atoms with Crippen molar-refractivity contribution in [2.45, 2.75) is 19.3 Å². The Morgan fingerprint density at radius 2 is 1.95 bits per heavy atom. The molecule has 0 saturated heterocycles. The van der Waals surface area contributed by atoms with Gasteiger partial charge in [-0.3, -0.25) is 4.79 Å². The van der Waals surface area contributed by atoms with Gasteiger partial charge in [-0.2, -0.15) is 0 Å². The lowest BCUT2D eigenvalue weighted by atomic mass is 10.0. The van der Waals surface area contributed by atoms with Crippen LogP contribution in [0.4, 0.5) is 0 Å². The average Bonchev–Trinajstić information content (AvgIpc) is 2.86. The second-order valence-electron chi connectivity index (χ2n) is 5.43. The number of nitrogens with zero attached hydrogens (tertiary/aromatic N) is 2. The molecule has 2 aromatic carbocycles. The minimum absolute atomic E-state index is 0.132. The first-order chi connectivity index (χ1) is 10.6. The van der Waals surface area contributed by atoms with E-state index in [9.17, 15) is 4.79 Å². The van der Waals surface area contributed by atoms with Gasteiger partial charge in [-0.05, 0) is 22.8 Å². The van der Waals surface area contributed by atoms with Gasteiger partial charge in [0.05, 0.1) is 6.42 Å². The van der Waals surface area contributed by atoms with Crippen LogP contribution in [-0.4, -0.2) is 20.6 Å². The first-order valence-corrected chi connectivity index (χ1v) is 7.33. The zero-order valence-corrected chi connectivity index (χ0v) is 12.5. The van der Waals surface area contributed by atoms with Crippen molar-refractivity contribution in [2.24, 2.45) is 7.05 Å². The quantitative estimate of drug-likeness (QED) is 0.786. The highest BCUT2D eigenvalue weighted by atomic mass is 16.4. The lowest BCUT2D eigenvalue weighted by Crippen LogP contribution is -2.05. The van der Waals surface area contributed by atoms with Gasteiger partial charge in [-0.25, -0.2) is 4.98 Å². The molecule has 0 aliphatic rings. The van der Waals surface area contributed by atoms with Crippen LogP contribution in [0.2, 0.25) is 0 Å². The number of carboxylic acids is 1. The van der Waals surface area contributed by atoms with Gasteiger partial charge in [0.1, 0.15) is 5.82 Å². The first-order valence-electron chi connectivity index (χ1n) is 7.33. The smallest absolute Gasteiger partial charge is 0.303 e. The van der Waals surface area contributed by atoms with Crippen molar-refractivity contribution in [2.75, 3.05) is 0 Å². The molecule has 1 heterocycles. The summed E-state index contributed by atoms with van der Waals surface area (Å²) in [5, 5.41) is 11.3. The fraction of sp³-hybridized carbons (Fsp3) is 0.222. The van der Waals surface area contributed by atoms with Crippen LogP contribution in [0, 0.1) is 0 Å². The van der Waals surface area contributed by atoms with Crippen LogP contribution in [-0.2, 0) is 24.7 Å². The van der Waals surface area contributed by atoms with E-state index in [2.05, 4.69) is 35.3 Å². The standard InChI is InChI=1S/C18H18N2O2/c1-20-15(9-10-18(21)22)12-19-17(20)11-14-7-4-6-13-5-2-3-8-16(13)14/h2-8,12H,9-11H2,1H3,(H,21,22). The summed E-state index contributed by atoms with van der Waals surface area (Å²) < 4.78 is 2.00. The summed E-state index contributed by atoms with van der Waals surface area (Å²) in [5.41, 5.74) is 2.19. The van der Waals surface area contributed by atoms with Crippen molar-refractivity contribution in [3.05, 3.63) is 65.7 Å². The maximum atomic E-state index is 10.7. The van der Waals surface area contributed by atoms with E-state index in [1.807, 2.05) is 23.7 Å². The lowest BCUT2D eigenvalue weighted by Gasteiger charge is -2.08. The number of hydrogen-bond acceptors (Lipinski definition) is 2. The number of benzene rings is 2. The van der Waals surface area contributed by atoms with E-state index in [1.54, 1.807) is 6.20 Å². The molecule has 0 spiro atoms. The minimum atomic E-state index is -0.781. The van der Waals surface area contributed by atoms with E-state index < -0.39 is 5.97 Å². The van der Waals surface area contributed by atoms with Crippen molar-refractivity contribution < 1.29 is 9.90 Å². The van der Waals surface area contributed by atoms with Gasteiger partial charge in [-0.1, -0.05) is 42.5 Å². The van der Waals surface area contributed by atoms with Crippen molar-refractivity contribution >= 4 is 16.7 Å². The molecule has 0 unspecified atom stereocenters. The molecule has 0 atom stereocenters. The number of aliphatic carboxylic acids is 1. The van der Waals surface area contributed by atoms with Crippen molar-refractivity contribution in [3.63, 3.8) is 0 Å². The molecule has 1 N–H and O–H groups in total. The average molecular weight is 294 g/mol. The molecule has 1 aromatic heterocycles. The van der Waals surface area contributed by atoms with Crippen LogP contribution in [0.1, 0.15) is 23.5 Å². The summed E-state index contributed by atoms with van der Waals surface area (Å²) in [7, 11) is 1.95. The highest BCUT2D eigenvalue weighted by molar-refractivity contribution is 5.85. The molecule has 0 fully saturated rings. The molecule has 112 valence electrons. The summed E-state index contributed by atoms with van der Waals surface area (Å²) >= 11 is 0. The van der Waals surface area contributed by atoms with Crippen molar-refractivity contribution in [1.82, 2.24) is 9.55 Å². The molecule has 0 bridgehead atoms. The third kappa shape index (κ3) is 2.86. The molecule has 0 radical (unpaired) electrons. The molecule has 0 aliphatic heterocycles. The maximum Gasteiger partial charge on any atom is 0.303 e. The number of fused-ring (bicyclic) bond motifs is 1. The summed E-state index contributed by atoms with van der Waals surface area (Å²) in [5.74, 6) is 0.175. The first kappa shape index (κ1) is 14.3. The van der Waals surface area contributed by atoms with E-state index >= 15 is 0 Å². The molecule has 22 heavy (non-hydrogen) atoms. The summed E-state index contributed by atoms with van der Waals surface area (Å²) in [6, 6.07) is 14.6. The normalized spacial score (nSPS) is 11.0. The predicted octanol–water partition coefficient (Wildman–Crippen LogP) is 3.18. The lowest BCUT2D eigenvalue weighted by molar-refractivity contribution is -0.136. The van der Waals surface area contributed by atoms with Crippen molar-refractivity contribution in [1.29, 1.82) is 0 Å². The van der Waals surface area contributed by atoms with Crippen LogP contribution in [0.25, 0.3) is 10.8 Å². The number of rotatable bonds is 5. The molecular weight excluding hydrogens is 276 g/mol. The largest absolute Gasteiger partial charge is 0.481 e. The third-order valence-corrected chi connectivity index (χ3v) is 4.00. The van der Waals surface area contributed by atoms with Crippen LogP contribution in [0.3, 0.4) is 0 Å². The Morgan fingerprint density at radius 1 is 1.18 bits per heavy atom. The molecule has 3 rings (SSSR count). The van der Waals surface area contributed by atoms with E-state index in [-0.39, 0.29) is 6.42 Å². The molecule has 3 aromatic rings. The van der Waals surface area contributed by atoms with Crippen molar-refractivity contribution in [3.8, 4) is 0 Å². The molecule has 4 heteroatoms. The molecule has 0 aliphatic carbocycles. The molecule has 4 nitrogen and oxygen atoms in total. The second-order valence-corrected chi connectivity index (χ2v) is 5.43. The fourth-order valence-electron chi connectivity index (χ4n) is 2.74. The highest BCUT2D eigenvalue weighted by Gasteiger charge is 2.10. The number of imidazole rings is 1. The van der Waals surface area contributed by atoms with Gasteiger partial charge in [0.2, 0.25) is 0 Å². The van der Waals surface area contributed by atoms with Gasteiger partial charge < -0.3 is 9.67 Å². The monoisotopic (exact) mass is 294 g/mol. The van der Waals surface area contributed by atoms with Crippen LogP contribution >= 0.6 is 0 Å².